The molecule has 1 N–H and O–H groups in total. The van der Waals surface area contributed by atoms with E-state index in [-0.39, 0.29) is 12.0 Å². The van der Waals surface area contributed by atoms with Crippen LogP contribution in [0.25, 0.3) is 32.8 Å². The number of rotatable bonds is 2. The summed E-state index contributed by atoms with van der Waals surface area (Å²) in [6.45, 7) is 6.81. The minimum atomic E-state index is -0.846. The molecule has 3 aromatic carbocycles. The minimum absolute atomic E-state index is 0.0228. The van der Waals surface area contributed by atoms with E-state index in [4.69, 9.17) is 14.7 Å². The van der Waals surface area contributed by atoms with Gasteiger partial charge in [-0.2, -0.15) is 0 Å². The lowest BCUT2D eigenvalue weighted by atomic mass is 9.64. The lowest BCUT2D eigenvalue weighted by Gasteiger charge is -2.49. The van der Waals surface area contributed by atoms with Crippen molar-refractivity contribution in [2.45, 2.75) is 58.0 Å². The average molecular weight is 441 g/mol. The maximum absolute atomic E-state index is 11.3. The molecule has 6 rings (SSSR count). The number of ether oxygens (including phenoxy) is 1. The summed E-state index contributed by atoms with van der Waals surface area (Å²) in [6.07, 6.45) is 3.47. The van der Waals surface area contributed by atoms with Crippen molar-refractivity contribution >= 4 is 38.8 Å². The van der Waals surface area contributed by atoms with Gasteiger partial charge in [0.1, 0.15) is 11.4 Å². The van der Waals surface area contributed by atoms with Crippen LogP contribution in [0.5, 0.6) is 5.75 Å². The van der Waals surface area contributed by atoms with E-state index in [1.165, 1.54) is 12.0 Å². The van der Waals surface area contributed by atoms with Crippen LogP contribution in [0.15, 0.2) is 42.5 Å². The third kappa shape index (κ3) is 3.17. The van der Waals surface area contributed by atoms with Crippen molar-refractivity contribution in [2.75, 3.05) is 0 Å². The Bertz CT molecular complexity index is 1440. The van der Waals surface area contributed by atoms with Crippen molar-refractivity contribution in [3.8, 4) is 5.75 Å². The van der Waals surface area contributed by atoms with E-state index in [0.29, 0.717) is 17.8 Å². The van der Waals surface area contributed by atoms with Crippen molar-refractivity contribution in [3.63, 3.8) is 0 Å². The van der Waals surface area contributed by atoms with Gasteiger partial charge in [0.25, 0.3) is 0 Å². The van der Waals surface area contributed by atoms with Gasteiger partial charge >= 0.3 is 5.97 Å². The van der Waals surface area contributed by atoms with Gasteiger partial charge in [0, 0.05) is 22.3 Å². The van der Waals surface area contributed by atoms with Crippen LogP contribution in [-0.2, 0) is 11.2 Å². The second-order valence-corrected chi connectivity index (χ2v) is 10.4. The first-order valence-corrected chi connectivity index (χ1v) is 11.9. The number of benzene rings is 3. The first kappa shape index (κ1) is 20.4. The number of aromatic nitrogens is 2. The number of nitrogens with zero attached hydrogens (tertiary/aromatic N) is 2. The number of fused-ring (bicyclic) bond motifs is 9. The fourth-order valence-electron chi connectivity index (χ4n) is 6.22. The van der Waals surface area contributed by atoms with Gasteiger partial charge in [0.2, 0.25) is 0 Å². The highest BCUT2D eigenvalue weighted by atomic mass is 16.5. The number of carbonyl (C=O) groups is 1. The molecular formula is C28H28N2O3. The van der Waals surface area contributed by atoms with Gasteiger partial charge in [-0.15, -0.1) is 0 Å². The maximum atomic E-state index is 11.3. The van der Waals surface area contributed by atoms with Crippen LogP contribution in [0.1, 0.15) is 57.1 Å². The second kappa shape index (κ2) is 7.14. The molecule has 2 aliphatic rings. The first-order chi connectivity index (χ1) is 15.8. The highest BCUT2D eigenvalue weighted by Gasteiger charge is 2.47. The Morgan fingerprint density at radius 3 is 2.61 bits per heavy atom. The molecule has 5 nitrogen and oxygen atoms in total. The highest BCUT2D eigenvalue weighted by Crippen LogP contribution is 2.56. The number of carboxylic acids is 1. The van der Waals surface area contributed by atoms with Gasteiger partial charge < -0.3 is 9.84 Å². The second-order valence-electron chi connectivity index (χ2n) is 10.4. The predicted molar refractivity (Wildman–Crippen MR) is 130 cm³/mol. The molecule has 0 spiro atoms. The topological polar surface area (TPSA) is 72.3 Å². The SMILES string of the molecule is CC1CCC2C(C1)c1c(c3ccccc3c3nc4ccc(CC(=O)O)cc4nc13)OC2(C)C. The number of carboxylic acid groups (broad SMARTS) is 1. The fourth-order valence-corrected chi connectivity index (χ4v) is 6.22. The summed E-state index contributed by atoms with van der Waals surface area (Å²) < 4.78 is 6.79. The summed E-state index contributed by atoms with van der Waals surface area (Å²) in [5.41, 5.74) is 5.02. The lowest BCUT2D eigenvalue weighted by Crippen LogP contribution is -2.46. The van der Waals surface area contributed by atoms with E-state index in [1.807, 2.05) is 24.3 Å². The van der Waals surface area contributed by atoms with Crippen LogP contribution in [0.2, 0.25) is 0 Å². The van der Waals surface area contributed by atoms with E-state index in [0.717, 1.165) is 57.0 Å². The fraction of sp³-hybridized carbons (Fsp3) is 0.393. The van der Waals surface area contributed by atoms with Gasteiger partial charge in [-0.25, -0.2) is 9.97 Å². The summed E-state index contributed by atoms with van der Waals surface area (Å²) in [7, 11) is 0. The molecule has 1 aliphatic carbocycles. The Hall–Kier alpha value is -3.21. The number of hydrogen-bond donors (Lipinski definition) is 1. The monoisotopic (exact) mass is 440 g/mol. The molecule has 1 fully saturated rings. The van der Waals surface area contributed by atoms with Crippen LogP contribution >= 0.6 is 0 Å². The van der Waals surface area contributed by atoms with E-state index >= 15 is 0 Å². The molecule has 0 amide bonds. The van der Waals surface area contributed by atoms with Gasteiger partial charge in [-0.3, -0.25) is 4.79 Å². The lowest BCUT2D eigenvalue weighted by molar-refractivity contribution is -0.136. The molecule has 0 radical (unpaired) electrons. The van der Waals surface area contributed by atoms with Gasteiger partial charge in [-0.1, -0.05) is 43.7 Å². The quantitative estimate of drug-likeness (QED) is 0.294. The Balaban J connectivity index is 1.70. The summed E-state index contributed by atoms with van der Waals surface area (Å²) >= 11 is 0. The third-order valence-corrected chi connectivity index (χ3v) is 7.75. The molecule has 1 aliphatic heterocycles. The number of hydrogen-bond acceptors (Lipinski definition) is 4. The smallest absolute Gasteiger partial charge is 0.307 e. The van der Waals surface area contributed by atoms with Crippen LogP contribution in [0, 0.1) is 11.8 Å². The highest BCUT2D eigenvalue weighted by molar-refractivity contribution is 6.11. The average Bonchev–Trinajstić information content (AvgIpc) is 2.77. The van der Waals surface area contributed by atoms with Crippen LogP contribution in [0.3, 0.4) is 0 Å². The van der Waals surface area contributed by atoms with Crippen molar-refractivity contribution in [1.29, 1.82) is 0 Å². The molecule has 33 heavy (non-hydrogen) atoms. The summed E-state index contributed by atoms with van der Waals surface area (Å²) in [5.74, 6) is 1.56. The molecule has 4 aromatic rings. The Morgan fingerprint density at radius 1 is 1.06 bits per heavy atom. The van der Waals surface area contributed by atoms with Crippen molar-refractivity contribution in [2.24, 2.45) is 11.8 Å². The summed E-state index contributed by atoms with van der Waals surface area (Å²) in [4.78, 5) is 21.5. The molecular weight excluding hydrogens is 412 g/mol. The number of aliphatic carboxylic acids is 1. The summed E-state index contributed by atoms with van der Waals surface area (Å²) in [6, 6.07) is 13.9. The van der Waals surface area contributed by atoms with Crippen LogP contribution in [-0.4, -0.2) is 26.6 Å². The Kier molecular flexibility index (Phi) is 4.42. The normalized spacial score (nSPS) is 23.8. The van der Waals surface area contributed by atoms with Crippen molar-refractivity contribution in [1.82, 2.24) is 9.97 Å². The van der Waals surface area contributed by atoms with Gasteiger partial charge in [-0.05, 0) is 56.2 Å². The summed E-state index contributed by atoms with van der Waals surface area (Å²) in [5, 5.41) is 11.4. The zero-order chi connectivity index (χ0) is 22.9. The van der Waals surface area contributed by atoms with Gasteiger partial charge in [0.05, 0.1) is 28.5 Å². The van der Waals surface area contributed by atoms with E-state index < -0.39 is 5.97 Å². The van der Waals surface area contributed by atoms with Crippen LogP contribution in [0.4, 0.5) is 0 Å². The molecule has 1 aromatic heterocycles. The zero-order valence-electron chi connectivity index (χ0n) is 19.3. The molecule has 2 heterocycles. The maximum Gasteiger partial charge on any atom is 0.307 e. The minimum Gasteiger partial charge on any atom is -0.487 e. The molecule has 1 saturated carbocycles. The largest absolute Gasteiger partial charge is 0.487 e. The molecule has 3 atom stereocenters. The molecule has 5 heteroatoms. The molecule has 0 saturated heterocycles. The Morgan fingerprint density at radius 2 is 1.82 bits per heavy atom. The van der Waals surface area contributed by atoms with Crippen LogP contribution < -0.4 is 4.74 Å². The molecule has 0 bridgehead atoms. The third-order valence-electron chi connectivity index (χ3n) is 7.75. The van der Waals surface area contributed by atoms with Gasteiger partial charge in [0.15, 0.2) is 0 Å². The van der Waals surface area contributed by atoms with E-state index in [9.17, 15) is 9.90 Å². The predicted octanol–water partition coefficient (Wildman–Crippen LogP) is 6.25. The zero-order valence-corrected chi connectivity index (χ0v) is 19.3. The Labute approximate surface area is 192 Å². The van der Waals surface area contributed by atoms with Crippen molar-refractivity contribution in [3.05, 3.63) is 53.6 Å². The van der Waals surface area contributed by atoms with Crippen molar-refractivity contribution < 1.29 is 14.6 Å². The first-order valence-electron chi connectivity index (χ1n) is 11.9. The van der Waals surface area contributed by atoms with E-state index in [1.54, 1.807) is 0 Å². The molecule has 168 valence electrons. The van der Waals surface area contributed by atoms with E-state index in [2.05, 4.69) is 39.0 Å². The molecule has 3 unspecified atom stereocenters. The standard InChI is InChI=1S/C28H28N2O3/c1-15-8-10-20-19(12-15)24-26-25(17-6-4-5-7-18(17)27(24)33-28(20,2)3)29-21-11-9-16(14-23(31)32)13-22(21)30-26/h4-7,9,11,13,15,19-20H,8,10,12,14H2,1-3H3,(H,31,32).